The molecule has 1 aliphatic rings. The largest absolute Gasteiger partial charge is 0.391 e. The van der Waals surface area contributed by atoms with E-state index in [2.05, 4.69) is 15.3 Å². The number of nitrogens with one attached hydrogen (secondary N) is 2. The molecule has 1 fully saturated rings. The number of anilines is 1. The number of imidazole rings is 1. The van der Waals surface area contributed by atoms with Gasteiger partial charge in [0.2, 0.25) is 0 Å². The fourth-order valence-electron chi connectivity index (χ4n) is 3.70. The van der Waals surface area contributed by atoms with Crippen LogP contribution in [0.15, 0.2) is 54.7 Å². The third-order valence-corrected chi connectivity index (χ3v) is 5.30. The molecular formula is C22H24N4O2. The molecule has 4 rings (SSSR count). The molecule has 144 valence electrons. The van der Waals surface area contributed by atoms with Crippen LogP contribution in [0.4, 0.5) is 5.95 Å². The first-order chi connectivity index (χ1) is 13.6. The van der Waals surface area contributed by atoms with Crippen molar-refractivity contribution in [2.45, 2.75) is 37.8 Å². The summed E-state index contributed by atoms with van der Waals surface area (Å²) in [6.45, 7) is 0. The number of hydrogen-bond donors (Lipinski definition) is 4. The number of nitrogens with two attached hydrogens (primary N) is 1. The zero-order valence-corrected chi connectivity index (χ0v) is 15.6. The van der Waals surface area contributed by atoms with E-state index in [9.17, 15) is 9.90 Å². The fraction of sp³-hybridized carbons (Fsp3) is 0.273. The van der Waals surface area contributed by atoms with E-state index in [0.29, 0.717) is 11.5 Å². The molecule has 1 heterocycles. The summed E-state index contributed by atoms with van der Waals surface area (Å²) < 4.78 is 0. The van der Waals surface area contributed by atoms with Crippen molar-refractivity contribution >= 4 is 11.9 Å². The molecule has 0 saturated heterocycles. The second kappa shape index (κ2) is 7.86. The minimum absolute atomic E-state index is 0.141. The maximum absolute atomic E-state index is 12.6. The molecule has 1 saturated carbocycles. The number of aliphatic hydroxyl groups excluding tert-OH is 1. The van der Waals surface area contributed by atoms with Gasteiger partial charge in [-0.2, -0.15) is 0 Å². The molecule has 0 radical (unpaired) electrons. The maximum Gasteiger partial charge on any atom is 0.251 e. The highest BCUT2D eigenvalue weighted by Crippen LogP contribution is 2.25. The quantitative estimate of drug-likeness (QED) is 0.560. The minimum atomic E-state index is -0.454. The van der Waals surface area contributed by atoms with E-state index in [1.165, 1.54) is 0 Å². The summed E-state index contributed by atoms with van der Waals surface area (Å²) in [5.41, 5.74) is 10.1. The average Bonchev–Trinajstić information content (AvgIpc) is 3.16. The molecule has 6 heteroatoms. The van der Waals surface area contributed by atoms with Crippen molar-refractivity contribution < 1.29 is 9.90 Å². The molecule has 0 bridgehead atoms. The second-order valence-electron chi connectivity index (χ2n) is 7.27. The van der Waals surface area contributed by atoms with E-state index in [4.69, 9.17) is 5.73 Å². The Bertz CT molecular complexity index is 965. The Hall–Kier alpha value is -3.12. The van der Waals surface area contributed by atoms with E-state index >= 15 is 0 Å². The molecule has 5 N–H and O–H groups in total. The Morgan fingerprint density at radius 1 is 1.07 bits per heavy atom. The first kappa shape index (κ1) is 18.3. The molecular weight excluding hydrogens is 352 g/mol. The molecule has 0 aliphatic heterocycles. The predicted molar refractivity (Wildman–Crippen MR) is 110 cm³/mol. The lowest BCUT2D eigenvalue weighted by Crippen LogP contribution is -2.45. The van der Waals surface area contributed by atoms with Crippen molar-refractivity contribution in [1.82, 2.24) is 15.3 Å². The number of carbonyl (C=O) groups excluding carboxylic acids is 1. The van der Waals surface area contributed by atoms with E-state index in [1.54, 1.807) is 12.3 Å². The van der Waals surface area contributed by atoms with Crippen molar-refractivity contribution in [1.29, 1.82) is 0 Å². The van der Waals surface area contributed by atoms with Crippen LogP contribution in [0.2, 0.25) is 0 Å². The summed E-state index contributed by atoms with van der Waals surface area (Å²) in [5.74, 6) is 0.248. The highest BCUT2D eigenvalue weighted by atomic mass is 16.3. The SMILES string of the molecule is Nc1ncc(-c2ccc(-c3cccc(C(=O)N[C@H]4CCCC[C@@H]4O)c3)cc2)[nH]1. The Morgan fingerprint density at radius 3 is 2.54 bits per heavy atom. The Kier molecular flexibility index (Phi) is 5.12. The smallest absolute Gasteiger partial charge is 0.251 e. The number of rotatable bonds is 4. The Labute approximate surface area is 163 Å². The van der Waals surface area contributed by atoms with E-state index in [0.717, 1.165) is 48.1 Å². The Balaban J connectivity index is 1.51. The summed E-state index contributed by atoms with van der Waals surface area (Å²) in [4.78, 5) is 19.7. The standard InChI is InChI=1S/C22H24N4O2/c23-22-24-13-19(26-22)15-10-8-14(9-11-15)16-4-3-5-17(12-16)21(28)25-18-6-1-2-7-20(18)27/h3-5,8-13,18,20,27H,1-2,6-7H2,(H,25,28)(H3,23,24,26)/t18-,20-/m0/s1. The molecule has 2 atom stereocenters. The average molecular weight is 376 g/mol. The predicted octanol–water partition coefficient (Wildman–Crippen LogP) is 3.36. The van der Waals surface area contributed by atoms with E-state index in [-0.39, 0.29) is 11.9 Å². The van der Waals surface area contributed by atoms with Crippen molar-refractivity contribution in [3.63, 3.8) is 0 Å². The van der Waals surface area contributed by atoms with E-state index in [1.807, 2.05) is 42.5 Å². The number of nitrogens with zero attached hydrogens (tertiary/aromatic N) is 1. The zero-order valence-electron chi connectivity index (χ0n) is 15.6. The highest BCUT2D eigenvalue weighted by Gasteiger charge is 2.24. The van der Waals surface area contributed by atoms with Gasteiger partial charge in [0.1, 0.15) is 0 Å². The molecule has 6 nitrogen and oxygen atoms in total. The lowest BCUT2D eigenvalue weighted by Gasteiger charge is -2.28. The van der Waals surface area contributed by atoms with Gasteiger partial charge in [-0.25, -0.2) is 4.98 Å². The van der Waals surface area contributed by atoms with E-state index < -0.39 is 6.10 Å². The number of aromatic nitrogens is 2. The topological polar surface area (TPSA) is 104 Å². The van der Waals surface area contributed by atoms with Gasteiger partial charge >= 0.3 is 0 Å². The number of aliphatic hydroxyl groups is 1. The maximum atomic E-state index is 12.6. The number of nitrogen functional groups attached to an aromatic ring is 1. The van der Waals surface area contributed by atoms with Crippen molar-refractivity contribution in [3.05, 3.63) is 60.3 Å². The summed E-state index contributed by atoms with van der Waals surface area (Å²) in [5, 5.41) is 13.1. The number of hydrogen-bond acceptors (Lipinski definition) is 4. The number of aromatic amines is 1. The summed E-state index contributed by atoms with van der Waals surface area (Å²) in [6.07, 6.45) is 4.88. The first-order valence-corrected chi connectivity index (χ1v) is 9.60. The molecule has 28 heavy (non-hydrogen) atoms. The first-order valence-electron chi connectivity index (χ1n) is 9.60. The van der Waals surface area contributed by atoms with Crippen LogP contribution in [0.1, 0.15) is 36.0 Å². The molecule has 2 aromatic carbocycles. The normalized spacial score (nSPS) is 19.3. The van der Waals surface area contributed by atoms with Crippen LogP contribution in [0.3, 0.4) is 0 Å². The van der Waals surface area contributed by atoms with Gasteiger partial charge in [-0.3, -0.25) is 4.79 Å². The number of carbonyl (C=O) groups is 1. The summed E-state index contributed by atoms with van der Waals surface area (Å²) in [7, 11) is 0. The van der Waals surface area contributed by atoms with Crippen LogP contribution in [-0.2, 0) is 0 Å². The van der Waals surface area contributed by atoms with Gasteiger partial charge in [0.15, 0.2) is 5.95 Å². The van der Waals surface area contributed by atoms with Crippen LogP contribution in [0.5, 0.6) is 0 Å². The van der Waals surface area contributed by atoms with Crippen LogP contribution < -0.4 is 11.1 Å². The third-order valence-electron chi connectivity index (χ3n) is 5.30. The monoisotopic (exact) mass is 376 g/mol. The Morgan fingerprint density at radius 2 is 1.82 bits per heavy atom. The van der Waals surface area contributed by atoms with Gasteiger partial charge in [-0.1, -0.05) is 49.2 Å². The van der Waals surface area contributed by atoms with Crippen molar-refractivity contribution in [2.75, 3.05) is 5.73 Å². The van der Waals surface area contributed by atoms with Gasteiger partial charge in [0.05, 0.1) is 24.0 Å². The molecule has 3 aromatic rings. The summed E-state index contributed by atoms with van der Waals surface area (Å²) in [6, 6.07) is 15.4. The van der Waals surface area contributed by atoms with Gasteiger partial charge in [-0.15, -0.1) is 0 Å². The number of H-pyrrole nitrogens is 1. The van der Waals surface area contributed by atoms with Crippen LogP contribution >= 0.6 is 0 Å². The minimum Gasteiger partial charge on any atom is -0.391 e. The second-order valence-corrected chi connectivity index (χ2v) is 7.27. The van der Waals surface area contributed by atoms with Gasteiger partial charge in [0.25, 0.3) is 5.91 Å². The molecule has 0 spiro atoms. The lowest BCUT2D eigenvalue weighted by molar-refractivity contribution is 0.0717. The molecule has 1 aromatic heterocycles. The van der Waals surface area contributed by atoms with Crippen molar-refractivity contribution in [2.24, 2.45) is 0 Å². The lowest BCUT2D eigenvalue weighted by atomic mass is 9.92. The molecule has 1 aliphatic carbocycles. The molecule has 0 unspecified atom stereocenters. The van der Waals surface area contributed by atoms with Gasteiger partial charge < -0.3 is 21.1 Å². The van der Waals surface area contributed by atoms with Crippen LogP contribution in [-0.4, -0.2) is 33.1 Å². The highest BCUT2D eigenvalue weighted by molar-refractivity contribution is 5.95. The van der Waals surface area contributed by atoms with Crippen LogP contribution in [0, 0.1) is 0 Å². The fourth-order valence-corrected chi connectivity index (χ4v) is 3.70. The number of benzene rings is 2. The number of amides is 1. The molecule has 1 amide bonds. The van der Waals surface area contributed by atoms with Crippen molar-refractivity contribution in [3.8, 4) is 22.4 Å². The zero-order chi connectivity index (χ0) is 19.5. The van der Waals surface area contributed by atoms with Gasteiger partial charge in [0, 0.05) is 5.56 Å². The third kappa shape index (κ3) is 3.92. The van der Waals surface area contributed by atoms with Gasteiger partial charge in [-0.05, 0) is 41.7 Å². The van der Waals surface area contributed by atoms with Crippen LogP contribution in [0.25, 0.3) is 22.4 Å². The summed E-state index contributed by atoms with van der Waals surface area (Å²) >= 11 is 0.